The summed E-state index contributed by atoms with van der Waals surface area (Å²) < 4.78 is 7.48. The van der Waals surface area contributed by atoms with Gasteiger partial charge in [0.25, 0.3) is 0 Å². The zero-order chi connectivity index (χ0) is 14.4. The van der Waals surface area contributed by atoms with Gasteiger partial charge in [-0.1, -0.05) is 56.8 Å². The molecule has 2 aliphatic carbocycles. The number of hydrogen-bond donors (Lipinski definition) is 0. The second kappa shape index (κ2) is 5.27. The van der Waals surface area contributed by atoms with E-state index in [4.69, 9.17) is 4.74 Å². The van der Waals surface area contributed by atoms with Crippen molar-refractivity contribution < 1.29 is 4.74 Å². The number of rotatable bonds is 2. The molecule has 21 heavy (non-hydrogen) atoms. The van der Waals surface area contributed by atoms with Crippen molar-refractivity contribution in [2.24, 2.45) is 5.41 Å². The summed E-state index contributed by atoms with van der Waals surface area (Å²) in [6.07, 6.45) is 6.86. The fourth-order valence-corrected chi connectivity index (χ4v) is 5.44. The third kappa shape index (κ3) is 2.33. The highest BCUT2D eigenvalue weighted by Crippen LogP contribution is 2.57. The van der Waals surface area contributed by atoms with Crippen LogP contribution in [-0.2, 0) is 0 Å². The van der Waals surface area contributed by atoms with Gasteiger partial charge in [0.05, 0.1) is 0 Å². The highest BCUT2D eigenvalue weighted by Gasteiger charge is 2.56. The SMILES string of the molecule is Brc1ccc2cc(OC3CC(Br)C34CCCC4)ccc2c1. The molecular formula is C18H18Br2O. The standard InChI is InChI=1S/C18H18Br2O/c19-14-5-3-13-10-15(6-4-12(13)9-14)21-17-11-16(20)18(17)7-1-2-8-18/h3-6,9-10,16-17H,1-2,7-8,11H2. The average molecular weight is 410 g/mol. The predicted octanol–water partition coefficient (Wildman–Crippen LogP) is 6.08. The number of alkyl halides is 1. The van der Waals surface area contributed by atoms with Crippen LogP contribution in [0.5, 0.6) is 5.75 Å². The fourth-order valence-electron chi connectivity index (χ4n) is 3.96. The summed E-state index contributed by atoms with van der Waals surface area (Å²) in [4.78, 5) is 0.647. The molecule has 4 rings (SSSR count). The molecule has 2 fully saturated rings. The lowest BCUT2D eigenvalue weighted by Crippen LogP contribution is -2.55. The summed E-state index contributed by atoms with van der Waals surface area (Å²) in [7, 11) is 0. The first-order valence-corrected chi connectivity index (χ1v) is 9.38. The Morgan fingerprint density at radius 3 is 2.48 bits per heavy atom. The van der Waals surface area contributed by atoms with Crippen LogP contribution in [0.3, 0.4) is 0 Å². The second-order valence-corrected chi connectivity index (χ2v) is 8.42. The van der Waals surface area contributed by atoms with E-state index in [9.17, 15) is 0 Å². The first-order valence-electron chi connectivity index (χ1n) is 7.67. The van der Waals surface area contributed by atoms with E-state index < -0.39 is 0 Å². The third-order valence-electron chi connectivity index (χ3n) is 5.27. The van der Waals surface area contributed by atoms with Crippen LogP contribution in [0.4, 0.5) is 0 Å². The average Bonchev–Trinajstić information content (AvgIpc) is 3.00. The smallest absolute Gasteiger partial charge is 0.120 e. The molecule has 2 aromatic rings. The van der Waals surface area contributed by atoms with E-state index >= 15 is 0 Å². The normalized spacial score (nSPS) is 27.0. The van der Waals surface area contributed by atoms with Crippen LogP contribution in [0.2, 0.25) is 0 Å². The van der Waals surface area contributed by atoms with Crippen molar-refractivity contribution in [1.82, 2.24) is 0 Å². The summed E-state index contributed by atoms with van der Waals surface area (Å²) in [5.74, 6) is 1.01. The number of ether oxygens (including phenoxy) is 1. The maximum atomic E-state index is 6.36. The molecule has 0 radical (unpaired) electrons. The molecule has 2 atom stereocenters. The fraction of sp³-hybridized carbons (Fsp3) is 0.444. The highest BCUT2D eigenvalue weighted by atomic mass is 79.9. The Kier molecular flexibility index (Phi) is 3.54. The third-order valence-corrected chi connectivity index (χ3v) is 7.05. The number of halogens is 2. The van der Waals surface area contributed by atoms with Crippen LogP contribution < -0.4 is 4.74 Å². The number of hydrogen-bond acceptors (Lipinski definition) is 1. The van der Waals surface area contributed by atoms with E-state index in [1.54, 1.807) is 0 Å². The van der Waals surface area contributed by atoms with Crippen molar-refractivity contribution in [3.05, 3.63) is 40.9 Å². The van der Waals surface area contributed by atoms with Gasteiger partial charge in [0.15, 0.2) is 0 Å². The van der Waals surface area contributed by atoms with Crippen molar-refractivity contribution in [2.75, 3.05) is 0 Å². The lowest BCUT2D eigenvalue weighted by atomic mass is 9.64. The largest absolute Gasteiger partial charge is 0.490 e. The molecule has 2 unspecified atom stereocenters. The molecule has 2 aromatic carbocycles. The summed E-state index contributed by atoms with van der Waals surface area (Å²) >= 11 is 7.38. The molecule has 1 nitrogen and oxygen atoms in total. The highest BCUT2D eigenvalue weighted by molar-refractivity contribution is 9.10. The molecule has 1 spiro atoms. The van der Waals surface area contributed by atoms with Gasteiger partial charge in [0.1, 0.15) is 11.9 Å². The van der Waals surface area contributed by atoms with Crippen LogP contribution in [-0.4, -0.2) is 10.9 Å². The molecule has 0 saturated heterocycles. The van der Waals surface area contributed by atoms with Gasteiger partial charge in [-0.05, 0) is 54.3 Å². The van der Waals surface area contributed by atoms with Crippen molar-refractivity contribution in [3.63, 3.8) is 0 Å². The molecule has 0 heterocycles. The zero-order valence-corrected chi connectivity index (χ0v) is 15.0. The lowest BCUT2D eigenvalue weighted by molar-refractivity contribution is -0.0303. The van der Waals surface area contributed by atoms with E-state index in [1.807, 2.05) is 0 Å². The molecule has 0 amide bonds. The van der Waals surface area contributed by atoms with Gasteiger partial charge < -0.3 is 4.74 Å². The molecule has 2 saturated carbocycles. The summed E-state index contributed by atoms with van der Waals surface area (Å²) in [5, 5.41) is 2.49. The first-order chi connectivity index (χ1) is 10.2. The minimum Gasteiger partial charge on any atom is -0.490 e. The Bertz CT molecular complexity index is 676. The van der Waals surface area contributed by atoms with Gasteiger partial charge >= 0.3 is 0 Å². The summed E-state index contributed by atoms with van der Waals surface area (Å²) in [6.45, 7) is 0. The monoisotopic (exact) mass is 408 g/mol. The topological polar surface area (TPSA) is 9.23 Å². The number of fused-ring (bicyclic) bond motifs is 1. The number of benzene rings is 2. The Morgan fingerprint density at radius 1 is 1.00 bits per heavy atom. The lowest BCUT2D eigenvalue weighted by Gasteiger charge is -2.51. The first kappa shape index (κ1) is 14.1. The molecule has 0 N–H and O–H groups in total. The van der Waals surface area contributed by atoms with Crippen LogP contribution >= 0.6 is 31.9 Å². The Labute approximate surface area is 142 Å². The van der Waals surface area contributed by atoms with Gasteiger partial charge in [-0.3, -0.25) is 0 Å². The van der Waals surface area contributed by atoms with Crippen LogP contribution in [0.15, 0.2) is 40.9 Å². The van der Waals surface area contributed by atoms with E-state index in [2.05, 4.69) is 68.3 Å². The van der Waals surface area contributed by atoms with Crippen LogP contribution in [0.25, 0.3) is 10.8 Å². The molecule has 0 bridgehead atoms. The molecule has 3 heteroatoms. The van der Waals surface area contributed by atoms with Gasteiger partial charge in [-0.25, -0.2) is 0 Å². The minimum atomic E-state index is 0.386. The van der Waals surface area contributed by atoms with Crippen molar-refractivity contribution >= 4 is 42.6 Å². The molecule has 0 aliphatic heterocycles. The van der Waals surface area contributed by atoms with E-state index in [0.29, 0.717) is 16.3 Å². The van der Waals surface area contributed by atoms with Crippen molar-refractivity contribution in [2.45, 2.75) is 43.0 Å². The van der Waals surface area contributed by atoms with Crippen LogP contribution in [0.1, 0.15) is 32.1 Å². The summed E-state index contributed by atoms with van der Waals surface area (Å²) in [5.41, 5.74) is 0.397. The van der Waals surface area contributed by atoms with E-state index in [1.165, 1.54) is 36.5 Å². The van der Waals surface area contributed by atoms with Gasteiger partial charge in [-0.15, -0.1) is 0 Å². The molecular weight excluding hydrogens is 392 g/mol. The Balaban J connectivity index is 1.59. The van der Waals surface area contributed by atoms with E-state index in [0.717, 1.165) is 16.6 Å². The Morgan fingerprint density at radius 2 is 1.71 bits per heavy atom. The van der Waals surface area contributed by atoms with Gasteiger partial charge in [-0.2, -0.15) is 0 Å². The minimum absolute atomic E-state index is 0.386. The predicted molar refractivity (Wildman–Crippen MR) is 94.3 cm³/mol. The van der Waals surface area contributed by atoms with E-state index in [-0.39, 0.29) is 0 Å². The maximum absolute atomic E-state index is 6.36. The molecule has 110 valence electrons. The quantitative estimate of drug-likeness (QED) is 0.546. The van der Waals surface area contributed by atoms with Gasteiger partial charge in [0.2, 0.25) is 0 Å². The molecule has 0 aromatic heterocycles. The zero-order valence-electron chi connectivity index (χ0n) is 11.8. The van der Waals surface area contributed by atoms with Crippen LogP contribution in [0, 0.1) is 5.41 Å². The second-order valence-electron chi connectivity index (χ2n) is 6.40. The summed E-state index contributed by atoms with van der Waals surface area (Å²) in [6, 6.07) is 12.8. The van der Waals surface area contributed by atoms with Crippen molar-refractivity contribution in [1.29, 1.82) is 0 Å². The maximum Gasteiger partial charge on any atom is 0.120 e. The van der Waals surface area contributed by atoms with Gasteiger partial charge in [0, 0.05) is 14.7 Å². The Hall–Kier alpha value is -0.540. The molecule has 2 aliphatic rings. The van der Waals surface area contributed by atoms with Crippen molar-refractivity contribution in [3.8, 4) is 5.75 Å².